The molecule has 35 heavy (non-hydrogen) atoms. The van der Waals surface area contributed by atoms with Gasteiger partial charge >= 0.3 is 0 Å². The van der Waals surface area contributed by atoms with E-state index in [9.17, 15) is 18.4 Å². The lowest BCUT2D eigenvalue weighted by Crippen LogP contribution is -2.36. The Labute approximate surface area is 204 Å². The molecule has 7 nitrogen and oxygen atoms in total. The number of hydrogen-bond donors (Lipinski definition) is 0. The maximum Gasteiger partial charge on any atom is 0.264 e. The summed E-state index contributed by atoms with van der Waals surface area (Å²) in [5.74, 6) is -0.369. The van der Waals surface area contributed by atoms with Crippen molar-refractivity contribution >= 4 is 39.2 Å². The van der Waals surface area contributed by atoms with E-state index in [0.717, 1.165) is 12.8 Å². The van der Waals surface area contributed by atoms with Gasteiger partial charge in [0.2, 0.25) is 0 Å². The van der Waals surface area contributed by atoms with E-state index < -0.39 is 6.43 Å². The van der Waals surface area contributed by atoms with Gasteiger partial charge < -0.3 is 0 Å². The number of nitrogens with zero attached hydrogens (tertiary/aromatic N) is 5. The van der Waals surface area contributed by atoms with Crippen LogP contribution in [0.2, 0.25) is 0 Å². The van der Waals surface area contributed by atoms with Gasteiger partial charge in [0.1, 0.15) is 6.54 Å². The fourth-order valence-electron chi connectivity index (χ4n) is 4.24. The van der Waals surface area contributed by atoms with E-state index >= 15 is 0 Å². The summed E-state index contributed by atoms with van der Waals surface area (Å²) in [7, 11) is 0. The van der Waals surface area contributed by atoms with Gasteiger partial charge in [0.05, 0.1) is 27.3 Å². The second-order valence-electron chi connectivity index (χ2n) is 8.67. The van der Waals surface area contributed by atoms with Crippen molar-refractivity contribution in [2.75, 3.05) is 4.90 Å². The quantitative estimate of drug-likeness (QED) is 0.316. The van der Waals surface area contributed by atoms with Crippen LogP contribution in [0.1, 0.15) is 52.8 Å². The normalized spacial score (nSPS) is 13.5. The number of halogens is 2. The lowest BCUT2D eigenvalue weighted by atomic mass is 10.1. The van der Waals surface area contributed by atoms with Crippen LogP contribution in [0, 0.1) is 13.8 Å². The first kappa shape index (κ1) is 23.2. The van der Waals surface area contributed by atoms with Gasteiger partial charge in [-0.3, -0.25) is 14.5 Å². The molecular formula is C25H23F2N5O2S. The molecule has 0 saturated heterocycles. The van der Waals surface area contributed by atoms with Crippen molar-refractivity contribution in [3.63, 3.8) is 0 Å². The van der Waals surface area contributed by atoms with E-state index in [1.165, 1.54) is 29.0 Å². The molecule has 3 heterocycles. The van der Waals surface area contributed by atoms with Crippen LogP contribution in [0.5, 0.6) is 0 Å². The Hall–Kier alpha value is -3.53. The molecule has 1 aliphatic rings. The van der Waals surface area contributed by atoms with Crippen molar-refractivity contribution in [2.24, 2.45) is 0 Å². The third-order valence-electron chi connectivity index (χ3n) is 5.99. The number of amides is 1. The number of carbonyl (C=O) groups excluding carboxylic acids is 2. The van der Waals surface area contributed by atoms with Gasteiger partial charge in [-0.25, -0.2) is 23.4 Å². The molecule has 1 fully saturated rings. The molecule has 10 heteroatoms. The summed E-state index contributed by atoms with van der Waals surface area (Å²) in [6, 6.07) is 10.5. The Bertz CT molecular complexity index is 1440. The first-order valence-corrected chi connectivity index (χ1v) is 12.1. The Morgan fingerprint density at radius 2 is 1.86 bits per heavy atom. The summed E-state index contributed by atoms with van der Waals surface area (Å²) in [6.07, 6.45) is -1.05. The number of ketones is 1. The first-order chi connectivity index (χ1) is 16.7. The third kappa shape index (κ3) is 4.34. The van der Waals surface area contributed by atoms with Crippen LogP contribution in [0.3, 0.4) is 0 Å². The van der Waals surface area contributed by atoms with Crippen molar-refractivity contribution in [1.29, 1.82) is 0 Å². The minimum Gasteiger partial charge on any atom is -0.294 e. The monoisotopic (exact) mass is 495 g/mol. The van der Waals surface area contributed by atoms with Crippen molar-refractivity contribution < 1.29 is 18.4 Å². The molecular weight excluding hydrogens is 472 g/mol. The Morgan fingerprint density at radius 3 is 2.46 bits per heavy atom. The molecule has 3 aromatic heterocycles. The number of anilines is 1. The maximum absolute atomic E-state index is 14.0. The van der Waals surface area contributed by atoms with Crippen LogP contribution in [-0.4, -0.2) is 37.5 Å². The number of benzene rings is 1. The van der Waals surface area contributed by atoms with Gasteiger partial charge in [-0.15, -0.1) is 0 Å². The molecule has 1 saturated carbocycles. The van der Waals surface area contributed by atoms with Gasteiger partial charge in [-0.05, 0) is 32.8 Å². The second kappa shape index (κ2) is 8.92. The van der Waals surface area contributed by atoms with Crippen LogP contribution in [0.25, 0.3) is 22.3 Å². The molecule has 0 radical (unpaired) electrons. The average Bonchev–Trinajstić information content (AvgIpc) is 3.50. The van der Waals surface area contributed by atoms with Crippen molar-refractivity contribution in [3.8, 4) is 11.3 Å². The molecule has 0 bridgehead atoms. The largest absolute Gasteiger partial charge is 0.294 e. The summed E-state index contributed by atoms with van der Waals surface area (Å²) >= 11 is 1.20. The highest BCUT2D eigenvalue weighted by molar-refractivity contribution is 7.17. The molecule has 0 N–H and O–H groups in total. The zero-order chi connectivity index (χ0) is 24.9. The van der Waals surface area contributed by atoms with Crippen molar-refractivity contribution in [3.05, 3.63) is 58.2 Å². The van der Waals surface area contributed by atoms with E-state index in [1.54, 1.807) is 30.9 Å². The van der Waals surface area contributed by atoms with Gasteiger partial charge in [-0.2, -0.15) is 5.10 Å². The molecule has 0 spiro atoms. The highest BCUT2D eigenvalue weighted by Crippen LogP contribution is 2.37. The number of hydrogen-bond acceptors (Lipinski definition) is 6. The first-order valence-electron chi connectivity index (χ1n) is 11.3. The summed E-state index contributed by atoms with van der Waals surface area (Å²) < 4.78 is 29.5. The molecule has 4 aromatic rings. The summed E-state index contributed by atoms with van der Waals surface area (Å²) in [5.41, 5.74) is 2.14. The number of Topliss-reactive ketones (excluding diaryl/α,β-unsaturated/α-hetero) is 1. The Kier molecular flexibility index (Phi) is 5.92. The number of aromatic nitrogens is 4. The highest BCUT2D eigenvalue weighted by atomic mass is 32.1. The number of fused-ring (bicyclic) bond motifs is 1. The Balaban J connectivity index is 1.56. The van der Waals surface area contributed by atoms with Gasteiger partial charge in [0.25, 0.3) is 12.3 Å². The highest BCUT2D eigenvalue weighted by Gasteiger charge is 2.36. The Morgan fingerprint density at radius 1 is 1.14 bits per heavy atom. The lowest BCUT2D eigenvalue weighted by molar-refractivity contribution is -0.119. The topological polar surface area (TPSA) is 81.0 Å². The standard InChI is InChI=1S/C25H23F2N5O2S/c1-13-21-18(23(26)27)11-19(16-7-5-4-6-8-16)29-24(21)31(30-13)12-20(34)32(17-9-10-17)25-28-14(2)22(35-25)15(3)33/h4-8,11,17,23H,9-10,12H2,1-3H3. The predicted molar refractivity (Wildman–Crippen MR) is 130 cm³/mol. The van der Waals surface area contributed by atoms with E-state index in [0.29, 0.717) is 32.7 Å². The second-order valence-corrected chi connectivity index (χ2v) is 9.64. The fraction of sp³-hybridized carbons (Fsp3) is 0.320. The van der Waals surface area contributed by atoms with Crippen LogP contribution >= 0.6 is 11.3 Å². The van der Waals surface area contributed by atoms with Crippen molar-refractivity contribution in [1.82, 2.24) is 19.7 Å². The van der Waals surface area contributed by atoms with Gasteiger partial charge in [0.15, 0.2) is 16.6 Å². The zero-order valence-electron chi connectivity index (χ0n) is 19.5. The average molecular weight is 496 g/mol. The maximum atomic E-state index is 14.0. The molecule has 0 unspecified atom stereocenters. The summed E-state index contributed by atoms with van der Waals surface area (Å²) in [5, 5.41) is 5.15. The smallest absolute Gasteiger partial charge is 0.264 e. The number of aryl methyl sites for hydroxylation is 2. The number of thiazole rings is 1. The van der Waals surface area contributed by atoms with E-state index in [1.807, 2.05) is 18.2 Å². The number of carbonyl (C=O) groups is 2. The molecule has 1 aliphatic carbocycles. The molecule has 0 aliphatic heterocycles. The van der Waals surface area contributed by atoms with E-state index in [2.05, 4.69) is 15.1 Å². The minimum absolute atomic E-state index is 0.000227. The van der Waals surface area contributed by atoms with E-state index in [-0.39, 0.29) is 40.9 Å². The molecule has 180 valence electrons. The zero-order valence-corrected chi connectivity index (χ0v) is 20.3. The fourth-order valence-corrected chi connectivity index (χ4v) is 5.29. The molecule has 1 aromatic carbocycles. The number of pyridine rings is 1. The SMILES string of the molecule is CC(=O)c1sc(N(C(=O)Cn2nc(C)c3c(C(F)F)cc(-c4ccccc4)nc32)C2CC2)nc1C. The van der Waals surface area contributed by atoms with Crippen LogP contribution in [-0.2, 0) is 11.3 Å². The van der Waals surface area contributed by atoms with Gasteiger partial charge in [-0.1, -0.05) is 41.7 Å². The van der Waals surface area contributed by atoms with Crippen LogP contribution in [0.4, 0.5) is 13.9 Å². The molecule has 1 amide bonds. The minimum atomic E-state index is -2.72. The predicted octanol–water partition coefficient (Wildman–Crippen LogP) is 5.51. The molecule has 5 rings (SSSR count). The number of rotatable bonds is 7. The van der Waals surface area contributed by atoms with Crippen LogP contribution in [0.15, 0.2) is 36.4 Å². The van der Waals surface area contributed by atoms with Crippen molar-refractivity contribution in [2.45, 2.75) is 52.6 Å². The number of alkyl halides is 2. The summed E-state index contributed by atoms with van der Waals surface area (Å²) in [6.45, 7) is 4.68. The third-order valence-corrected chi connectivity index (χ3v) is 7.25. The summed E-state index contributed by atoms with van der Waals surface area (Å²) in [4.78, 5) is 36.6. The van der Waals surface area contributed by atoms with E-state index in [4.69, 9.17) is 0 Å². The lowest BCUT2D eigenvalue weighted by Gasteiger charge is -2.19. The van der Waals surface area contributed by atoms with Crippen LogP contribution < -0.4 is 4.90 Å². The van der Waals surface area contributed by atoms with Gasteiger partial charge in [0, 0.05) is 24.1 Å². The molecule has 0 atom stereocenters.